The van der Waals surface area contributed by atoms with Gasteiger partial charge in [0.05, 0.1) is 5.41 Å². The van der Waals surface area contributed by atoms with Gasteiger partial charge in [-0.25, -0.2) is 0 Å². The third-order valence-electron chi connectivity index (χ3n) is 3.35. The smallest absolute Gasteiger partial charge is 0.104 e. The standard InChI is InChI=1S/C13H18N2/c1-2-15-12(14)13(9-6-10-13)11-7-4-3-5-8-11/h3-5,7-8H,2,6,9-10H2,1H3,(H2,14,15). The highest BCUT2D eigenvalue weighted by Gasteiger charge is 2.42. The summed E-state index contributed by atoms with van der Waals surface area (Å²) in [5, 5.41) is 0. The highest BCUT2D eigenvalue weighted by atomic mass is 14.9. The molecule has 0 saturated heterocycles. The van der Waals surface area contributed by atoms with Crippen molar-refractivity contribution in [3.63, 3.8) is 0 Å². The van der Waals surface area contributed by atoms with Crippen molar-refractivity contribution < 1.29 is 0 Å². The average Bonchev–Trinajstić information content (AvgIpc) is 2.18. The summed E-state index contributed by atoms with van der Waals surface area (Å²) in [6, 6.07) is 10.5. The molecule has 80 valence electrons. The lowest BCUT2D eigenvalue weighted by Gasteiger charge is -2.41. The molecule has 0 atom stereocenters. The Labute approximate surface area is 91.2 Å². The number of nitrogens with two attached hydrogens (primary N) is 1. The first-order chi connectivity index (χ1) is 7.29. The van der Waals surface area contributed by atoms with E-state index < -0.39 is 0 Å². The van der Waals surface area contributed by atoms with Crippen LogP contribution in [0.25, 0.3) is 0 Å². The van der Waals surface area contributed by atoms with Crippen LogP contribution >= 0.6 is 0 Å². The molecule has 0 unspecified atom stereocenters. The minimum atomic E-state index is 0.0528. The molecule has 2 rings (SSSR count). The van der Waals surface area contributed by atoms with E-state index in [9.17, 15) is 0 Å². The molecule has 1 fully saturated rings. The minimum Gasteiger partial charge on any atom is -0.387 e. The number of hydrogen-bond donors (Lipinski definition) is 1. The van der Waals surface area contributed by atoms with Crippen molar-refractivity contribution in [1.82, 2.24) is 0 Å². The summed E-state index contributed by atoms with van der Waals surface area (Å²) in [6.45, 7) is 2.81. The zero-order chi connectivity index (χ0) is 10.7. The van der Waals surface area contributed by atoms with Gasteiger partial charge in [-0.3, -0.25) is 4.99 Å². The summed E-state index contributed by atoms with van der Waals surface area (Å²) in [5.41, 5.74) is 7.48. The van der Waals surface area contributed by atoms with Crippen LogP contribution in [0.2, 0.25) is 0 Å². The second-order valence-electron chi connectivity index (χ2n) is 4.16. The number of benzene rings is 1. The fourth-order valence-electron chi connectivity index (χ4n) is 2.30. The third kappa shape index (κ3) is 1.65. The van der Waals surface area contributed by atoms with Crippen molar-refractivity contribution in [3.05, 3.63) is 35.9 Å². The number of rotatable bonds is 3. The SMILES string of the molecule is CCN=C(N)C1(c2ccccc2)CCC1. The average molecular weight is 202 g/mol. The molecule has 0 radical (unpaired) electrons. The van der Waals surface area contributed by atoms with E-state index in [1.807, 2.05) is 13.0 Å². The minimum absolute atomic E-state index is 0.0528. The van der Waals surface area contributed by atoms with E-state index >= 15 is 0 Å². The van der Waals surface area contributed by atoms with Crippen LogP contribution in [0.5, 0.6) is 0 Å². The molecular weight excluding hydrogens is 184 g/mol. The fourth-order valence-corrected chi connectivity index (χ4v) is 2.30. The summed E-state index contributed by atoms with van der Waals surface area (Å²) in [5.74, 6) is 0.822. The van der Waals surface area contributed by atoms with Gasteiger partial charge in [0.25, 0.3) is 0 Å². The molecule has 2 heteroatoms. The first-order valence-corrected chi connectivity index (χ1v) is 5.65. The van der Waals surface area contributed by atoms with Gasteiger partial charge in [-0.15, -0.1) is 0 Å². The molecule has 15 heavy (non-hydrogen) atoms. The van der Waals surface area contributed by atoms with Crippen molar-refractivity contribution >= 4 is 5.84 Å². The van der Waals surface area contributed by atoms with Gasteiger partial charge in [-0.1, -0.05) is 36.8 Å². The lowest BCUT2D eigenvalue weighted by molar-refractivity contribution is 0.337. The number of hydrogen-bond acceptors (Lipinski definition) is 1. The van der Waals surface area contributed by atoms with E-state index in [-0.39, 0.29) is 5.41 Å². The fraction of sp³-hybridized carbons (Fsp3) is 0.462. The zero-order valence-electron chi connectivity index (χ0n) is 9.24. The number of aliphatic imine (C=N–C) groups is 1. The number of amidine groups is 1. The normalized spacial score (nSPS) is 19.7. The van der Waals surface area contributed by atoms with E-state index in [1.54, 1.807) is 0 Å². The molecule has 0 bridgehead atoms. The predicted molar refractivity (Wildman–Crippen MR) is 64.1 cm³/mol. The van der Waals surface area contributed by atoms with Crippen molar-refractivity contribution in [2.24, 2.45) is 10.7 Å². The Hall–Kier alpha value is -1.31. The molecule has 1 aromatic carbocycles. The molecule has 0 aliphatic heterocycles. The lowest BCUT2D eigenvalue weighted by atomic mass is 9.63. The maximum Gasteiger partial charge on any atom is 0.104 e. The van der Waals surface area contributed by atoms with Crippen molar-refractivity contribution in [3.8, 4) is 0 Å². The molecule has 1 saturated carbocycles. The van der Waals surface area contributed by atoms with Crippen LogP contribution in [-0.2, 0) is 5.41 Å². The molecule has 0 spiro atoms. The first kappa shape index (κ1) is 10.2. The molecule has 2 N–H and O–H groups in total. The molecule has 1 aliphatic rings. The summed E-state index contributed by atoms with van der Waals surface area (Å²) in [6.07, 6.45) is 3.55. The Bertz CT molecular complexity index is 350. The maximum atomic E-state index is 6.11. The second kappa shape index (κ2) is 4.05. The van der Waals surface area contributed by atoms with E-state index in [0.717, 1.165) is 25.2 Å². The van der Waals surface area contributed by atoms with Crippen molar-refractivity contribution in [1.29, 1.82) is 0 Å². The molecule has 0 amide bonds. The van der Waals surface area contributed by atoms with E-state index in [4.69, 9.17) is 5.73 Å². The van der Waals surface area contributed by atoms with E-state index in [2.05, 4.69) is 29.3 Å². The summed E-state index contributed by atoms with van der Waals surface area (Å²) >= 11 is 0. The van der Waals surface area contributed by atoms with Crippen LogP contribution in [0, 0.1) is 0 Å². The monoisotopic (exact) mass is 202 g/mol. The second-order valence-corrected chi connectivity index (χ2v) is 4.16. The summed E-state index contributed by atoms with van der Waals surface area (Å²) < 4.78 is 0. The largest absolute Gasteiger partial charge is 0.387 e. The van der Waals surface area contributed by atoms with E-state index in [1.165, 1.54) is 12.0 Å². The molecule has 0 aromatic heterocycles. The highest BCUT2D eigenvalue weighted by Crippen LogP contribution is 2.43. The Morgan fingerprint density at radius 3 is 2.47 bits per heavy atom. The Kier molecular flexibility index (Phi) is 2.76. The Balaban J connectivity index is 2.34. The molecule has 2 nitrogen and oxygen atoms in total. The Morgan fingerprint density at radius 1 is 1.33 bits per heavy atom. The van der Waals surface area contributed by atoms with Crippen LogP contribution in [-0.4, -0.2) is 12.4 Å². The summed E-state index contributed by atoms with van der Waals surface area (Å²) in [4.78, 5) is 4.39. The molecule has 1 aromatic rings. The van der Waals surface area contributed by atoms with Crippen LogP contribution in [0.4, 0.5) is 0 Å². The first-order valence-electron chi connectivity index (χ1n) is 5.65. The van der Waals surface area contributed by atoms with Gasteiger partial charge in [-0.2, -0.15) is 0 Å². The van der Waals surface area contributed by atoms with Gasteiger partial charge >= 0.3 is 0 Å². The van der Waals surface area contributed by atoms with Gasteiger partial charge in [0.15, 0.2) is 0 Å². The zero-order valence-corrected chi connectivity index (χ0v) is 9.24. The van der Waals surface area contributed by atoms with Crippen molar-refractivity contribution in [2.75, 3.05) is 6.54 Å². The van der Waals surface area contributed by atoms with Crippen molar-refractivity contribution in [2.45, 2.75) is 31.6 Å². The predicted octanol–water partition coefficient (Wildman–Crippen LogP) is 2.49. The third-order valence-corrected chi connectivity index (χ3v) is 3.35. The van der Waals surface area contributed by atoms with Crippen LogP contribution in [0.3, 0.4) is 0 Å². The van der Waals surface area contributed by atoms with Gasteiger partial charge in [0, 0.05) is 6.54 Å². The van der Waals surface area contributed by atoms with E-state index in [0.29, 0.717) is 0 Å². The quantitative estimate of drug-likeness (QED) is 0.593. The highest BCUT2D eigenvalue weighted by molar-refractivity contribution is 5.92. The van der Waals surface area contributed by atoms with Gasteiger partial charge in [0.1, 0.15) is 5.84 Å². The molecule has 1 aliphatic carbocycles. The molecule has 0 heterocycles. The number of nitrogens with zero attached hydrogens (tertiary/aromatic N) is 1. The maximum absolute atomic E-state index is 6.11. The topological polar surface area (TPSA) is 38.4 Å². The van der Waals surface area contributed by atoms with Gasteiger partial charge in [-0.05, 0) is 25.3 Å². The lowest BCUT2D eigenvalue weighted by Crippen LogP contribution is -2.47. The van der Waals surface area contributed by atoms with Gasteiger partial charge < -0.3 is 5.73 Å². The van der Waals surface area contributed by atoms with Crippen LogP contribution in [0.1, 0.15) is 31.7 Å². The summed E-state index contributed by atoms with van der Waals surface area (Å²) in [7, 11) is 0. The van der Waals surface area contributed by atoms with Crippen LogP contribution in [0.15, 0.2) is 35.3 Å². The van der Waals surface area contributed by atoms with Crippen LogP contribution < -0.4 is 5.73 Å². The van der Waals surface area contributed by atoms with Gasteiger partial charge in [0.2, 0.25) is 0 Å². The molecular formula is C13H18N2. The Morgan fingerprint density at radius 2 is 2.00 bits per heavy atom.